The lowest BCUT2D eigenvalue weighted by molar-refractivity contribution is -0.135. The Hall–Kier alpha value is -2.40. The van der Waals surface area contributed by atoms with Crippen molar-refractivity contribution in [3.63, 3.8) is 0 Å². The highest BCUT2D eigenvalue weighted by Crippen LogP contribution is 2.21. The Kier molecular flexibility index (Phi) is 6.95. The highest BCUT2D eigenvalue weighted by atomic mass is 16.3. The van der Waals surface area contributed by atoms with E-state index in [-0.39, 0.29) is 30.3 Å². The number of nitrogens with zero attached hydrogens (tertiary/aromatic N) is 3. The topological polar surface area (TPSA) is 111 Å². The summed E-state index contributed by atoms with van der Waals surface area (Å²) in [5.74, 6) is 0.0846. The first-order chi connectivity index (χ1) is 12.0. The maximum atomic E-state index is 12.6. The SMILES string of the molecule is CC(C)N(C(=O)CNCc1ncco1)[C@H](C#N)C[C@@H]1CCCNC1=O. The smallest absolute Gasteiger partial charge is 0.237 e. The fourth-order valence-electron chi connectivity index (χ4n) is 3.09. The van der Waals surface area contributed by atoms with E-state index in [2.05, 4.69) is 21.7 Å². The molecule has 1 saturated heterocycles. The van der Waals surface area contributed by atoms with Crippen LogP contribution in [0.15, 0.2) is 16.9 Å². The molecule has 1 aliphatic heterocycles. The normalized spacial score (nSPS) is 18.5. The number of hydrogen-bond donors (Lipinski definition) is 2. The maximum Gasteiger partial charge on any atom is 0.237 e. The monoisotopic (exact) mass is 347 g/mol. The molecule has 1 aromatic heterocycles. The van der Waals surface area contributed by atoms with Gasteiger partial charge in [0.1, 0.15) is 12.3 Å². The molecule has 2 N–H and O–H groups in total. The number of nitriles is 1. The van der Waals surface area contributed by atoms with Gasteiger partial charge in [-0.25, -0.2) is 4.98 Å². The minimum absolute atomic E-state index is 0.0235. The average Bonchev–Trinajstić information content (AvgIpc) is 3.09. The van der Waals surface area contributed by atoms with Gasteiger partial charge in [-0.1, -0.05) is 0 Å². The molecule has 8 nitrogen and oxygen atoms in total. The number of aromatic nitrogens is 1. The van der Waals surface area contributed by atoms with Gasteiger partial charge in [0.05, 0.1) is 25.4 Å². The molecule has 1 aromatic rings. The summed E-state index contributed by atoms with van der Waals surface area (Å²) in [6.07, 6.45) is 5.04. The molecule has 25 heavy (non-hydrogen) atoms. The molecule has 2 atom stereocenters. The number of nitrogens with one attached hydrogen (secondary N) is 2. The van der Waals surface area contributed by atoms with Crippen LogP contribution < -0.4 is 10.6 Å². The zero-order valence-corrected chi connectivity index (χ0v) is 14.7. The fraction of sp³-hybridized carbons (Fsp3) is 0.647. The summed E-state index contributed by atoms with van der Waals surface area (Å²) in [7, 11) is 0. The van der Waals surface area contributed by atoms with Crippen LogP contribution in [-0.4, -0.2) is 46.9 Å². The summed E-state index contributed by atoms with van der Waals surface area (Å²) in [5.41, 5.74) is 0. The van der Waals surface area contributed by atoms with Gasteiger partial charge in [0.2, 0.25) is 17.7 Å². The first kappa shape index (κ1) is 18.9. The molecule has 0 radical (unpaired) electrons. The van der Waals surface area contributed by atoms with E-state index in [9.17, 15) is 14.9 Å². The van der Waals surface area contributed by atoms with E-state index < -0.39 is 6.04 Å². The third-order valence-electron chi connectivity index (χ3n) is 4.27. The number of carbonyl (C=O) groups excluding carboxylic acids is 2. The van der Waals surface area contributed by atoms with Crippen molar-refractivity contribution < 1.29 is 14.0 Å². The minimum Gasteiger partial charge on any atom is -0.448 e. The summed E-state index contributed by atoms with van der Waals surface area (Å²) in [5, 5.41) is 15.4. The largest absolute Gasteiger partial charge is 0.448 e. The summed E-state index contributed by atoms with van der Waals surface area (Å²) >= 11 is 0. The van der Waals surface area contributed by atoms with E-state index >= 15 is 0 Å². The van der Waals surface area contributed by atoms with Gasteiger partial charge in [-0.15, -0.1) is 0 Å². The highest BCUT2D eigenvalue weighted by Gasteiger charge is 2.32. The number of rotatable bonds is 8. The van der Waals surface area contributed by atoms with Gasteiger partial charge >= 0.3 is 0 Å². The Bertz CT molecular complexity index is 608. The fourth-order valence-corrected chi connectivity index (χ4v) is 3.09. The Morgan fingerprint density at radius 1 is 1.60 bits per heavy atom. The molecule has 0 bridgehead atoms. The van der Waals surface area contributed by atoms with E-state index in [0.717, 1.165) is 12.8 Å². The predicted octanol–water partition coefficient (Wildman–Crippen LogP) is 0.810. The van der Waals surface area contributed by atoms with Crippen LogP contribution in [0.4, 0.5) is 0 Å². The van der Waals surface area contributed by atoms with Gasteiger partial charge < -0.3 is 14.6 Å². The molecule has 0 aromatic carbocycles. The molecular weight excluding hydrogens is 322 g/mol. The first-order valence-electron chi connectivity index (χ1n) is 8.60. The minimum atomic E-state index is -0.620. The summed E-state index contributed by atoms with van der Waals surface area (Å²) in [6, 6.07) is 1.45. The van der Waals surface area contributed by atoms with Crippen molar-refractivity contribution in [2.24, 2.45) is 5.92 Å². The second-order valence-electron chi connectivity index (χ2n) is 6.43. The maximum absolute atomic E-state index is 12.6. The number of oxazole rings is 1. The summed E-state index contributed by atoms with van der Waals surface area (Å²) in [4.78, 5) is 30.1. The van der Waals surface area contributed by atoms with Crippen molar-refractivity contribution in [3.05, 3.63) is 18.4 Å². The van der Waals surface area contributed by atoms with Crippen LogP contribution in [0.3, 0.4) is 0 Å². The average molecular weight is 347 g/mol. The van der Waals surface area contributed by atoms with Crippen LogP contribution in [-0.2, 0) is 16.1 Å². The van der Waals surface area contributed by atoms with Gasteiger partial charge in [0.15, 0.2) is 0 Å². The van der Waals surface area contributed by atoms with E-state index in [0.29, 0.717) is 25.4 Å². The molecular formula is C17H25N5O3. The van der Waals surface area contributed by atoms with Crippen LogP contribution >= 0.6 is 0 Å². The Morgan fingerprint density at radius 3 is 3.00 bits per heavy atom. The lowest BCUT2D eigenvalue weighted by atomic mass is 9.91. The third-order valence-corrected chi connectivity index (χ3v) is 4.27. The zero-order chi connectivity index (χ0) is 18.2. The quantitative estimate of drug-likeness (QED) is 0.720. The number of carbonyl (C=O) groups is 2. The molecule has 0 saturated carbocycles. The zero-order valence-electron chi connectivity index (χ0n) is 14.7. The predicted molar refractivity (Wildman–Crippen MR) is 89.9 cm³/mol. The van der Waals surface area contributed by atoms with E-state index in [1.807, 2.05) is 13.8 Å². The van der Waals surface area contributed by atoms with E-state index in [1.165, 1.54) is 6.26 Å². The molecule has 8 heteroatoms. The van der Waals surface area contributed by atoms with Crippen LogP contribution in [0.5, 0.6) is 0 Å². The Balaban J connectivity index is 1.94. The van der Waals surface area contributed by atoms with Crippen LogP contribution in [0.1, 0.15) is 39.0 Å². The molecule has 2 heterocycles. The van der Waals surface area contributed by atoms with Crippen molar-refractivity contribution in [1.29, 1.82) is 5.26 Å². The molecule has 0 aliphatic carbocycles. The third kappa shape index (κ3) is 5.29. The number of amides is 2. The highest BCUT2D eigenvalue weighted by molar-refractivity contribution is 5.81. The summed E-state index contributed by atoms with van der Waals surface area (Å²) < 4.78 is 5.11. The van der Waals surface area contributed by atoms with Gasteiger partial charge in [-0.2, -0.15) is 5.26 Å². The molecule has 136 valence electrons. The van der Waals surface area contributed by atoms with E-state index in [1.54, 1.807) is 11.1 Å². The van der Waals surface area contributed by atoms with Gasteiger partial charge in [0.25, 0.3) is 0 Å². The molecule has 1 fully saturated rings. The van der Waals surface area contributed by atoms with E-state index in [4.69, 9.17) is 4.42 Å². The second-order valence-corrected chi connectivity index (χ2v) is 6.43. The van der Waals surface area contributed by atoms with Crippen molar-refractivity contribution in [3.8, 4) is 6.07 Å². The lowest BCUT2D eigenvalue weighted by Gasteiger charge is -2.33. The Morgan fingerprint density at radius 2 is 2.40 bits per heavy atom. The van der Waals surface area contributed by atoms with Crippen molar-refractivity contribution >= 4 is 11.8 Å². The van der Waals surface area contributed by atoms with Crippen molar-refractivity contribution in [2.75, 3.05) is 13.1 Å². The number of hydrogen-bond acceptors (Lipinski definition) is 6. The van der Waals surface area contributed by atoms with Crippen molar-refractivity contribution in [2.45, 2.75) is 51.7 Å². The molecule has 1 aliphatic rings. The second kappa shape index (κ2) is 9.18. The molecule has 0 spiro atoms. The van der Waals surface area contributed by atoms with Crippen molar-refractivity contribution in [1.82, 2.24) is 20.5 Å². The van der Waals surface area contributed by atoms with Crippen LogP contribution in [0, 0.1) is 17.2 Å². The first-order valence-corrected chi connectivity index (χ1v) is 8.60. The van der Waals surface area contributed by atoms with Gasteiger partial charge in [-0.3, -0.25) is 14.9 Å². The van der Waals surface area contributed by atoms with Crippen LogP contribution in [0.2, 0.25) is 0 Å². The lowest BCUT2D eigenvalue weighted by Crippen LogP contribution is -2.49. The van der Waals surface area contributed by atoms with Crippen LogP contribution in [0.25, 0.3) is 0 Å². The standard InChI is InChI=1S/C17H25N5O3/c1-12(2)22(16(23)11-19-10-15-20-6-7-25-15)14(9-18)8-13-4-3-5-21-17(13)24/h6-7,12-14,19H,3-5,8,10-11H2,1-2H3,(H,21,24)/t13-,14-/m0/s1. The summed E-state index contributed by atoms with van der Waals surface area (Å²) in [6.45, 7) is 4.85. The molecule has 2 rings (SSSR count). The molecule has 0 unspecified atom stereocenters. The molecule has 2 amide bonds. The van der Waals surface area contributed by atoms with Gasteiger partial charge in [0, 0.05) is 18.5 Å². The van der Waals surface area contributed by atoms with Gasteiger partial charge in [-0.05, 0) is 33.1 Å². The Labute approximate surface area is 147 Å². The number of piperidine rings is 1.